The highest BCUT2D eigenvalue weighted by atomic mass is 16.6. The van der Waals surface area contributed by atoms with E-state index in [2.05, 4.69) is 93.7 Å². The van der Waals surface area contributed by atoms with Gasteiger partial charge in [0.1, 0.15) is 13.2 Å². The number of rotatable bonds is 60. The summed E-state index contributed by atoms with van der Waals surface area (Å²) in [6.45, 7) is 6.54. The molecule has 0 aromatic carbocycles. The molecule has 6 heteroatoms. The molecule has 76 heavy (non-hydrogen) atoms. The zero-order valence-corrected chi connectivity index (χ0v) is 50.5. The Balaban J connectivity index is 4.27. The summed E-state index contributed by atoms with van der Waals surface area (Å²) in [5, 5.41) is 0. The van der Waals surface area contributed by atoms with Gasteiger partial charge in [0.25, 0.3) is 0 Å². The van der Waals surface area contributed by atoms with E-state index in [9.17, 15) is 14.4 Å². The highest BCUT2D eigenvalue weighted by Crippen LogP contribution is 2.17. The number of esters is 3. The summed E-state index contributed by atoms with van der Waals surface area (Å²) >= 11 is 0. The fourth-order valence-electron chi connectivity index (χ4n) is 9.53. The van der Waals surface area contributed by atoms with E-state index >= 15 is 0 Å². The normalized spacial score (nSPS) is 12.5. The van der Waals surface area contributed by atoms with Gasteiger partial charge in [-0.05, 0) is 89.9 Å². The zero-order chi connectivity index (χ0) is 55.0. The minimum absolute atomic E-state index is 0.0768. The van der Waals surface area contributed by atoms with Gasteiger partial charge < -0.3 is 14.2 Å². The van der Waals surface area contributed by atoms with E-state index in [-0.39, 0.29) is 31.1 Å². The number of unbranched alkanes of at least 4 members (excludes halogenated alkanes) is 37. The van der Waals surface area contributed by atoms with Crippen molar-refractivity contribution in [2.45, 2.75) is 341 Å². The van der Waals surface area contributed by atoms with Crippen LogP contribution in [0.2, 0.25) is 0 Å². The van der Waals surface area contributed by atoms with Crippen LogP contribution in [-0.2, 0) is 28.6 Å². The quantitative estimate of drug-likeness (QED) is 0.0261. The SMILES string of the molecule is CC/C=C\C/C=C\C/C=C\C/C=C\CCCCCCCCCCCCCCCCC(=O)OCC(COC(=O)CCCCCCCCCCCCCCCCC)OC(=O)CCCCCCC/C=C\C/C=C\CCCCCC. The number of allylic oxidation sites excluding steroid dienone is 12. The van der Waals surface area contributed by atoms with Crippen molar-refractivity contribution in [3.05, 3.63) is 72.9 Å². The molecule has 0 aliphatic carbocycles. The highest BCUT2D eigenvalue weighted by molar-refractivity contribution is 5.71. The largest absolute Gasteiger partial charge is 0.462 e. The Bertz CT molecular complexity index is 1400. The second kappa shape index (κ2) is 64.4. The number of ether oxygens (including phenoxy) is 3. The average molecular weight is 1060 g/mol. The van der Waals surface area contributed by atoms with E-state index in [0.717, 1.165) is 109 Å². The van der Waals surface area contributed by atoms with E-state index < -0.39 is 6.10 Å². The van der Waals surface area contributed by atoms with Gasteiger partial charge in [0.05, 0.1) is 0 Å². The Labute approximate surface area is 472 Å². The number of carbonyl (C=O) groups is 3. The predicted molar refractivity (Wildman–Crippen MR) is 330 cm³/mol. The van der Waals surface area contributed by atoms with Gasteiger partial charge in [-0.3, -0.25) is 14.4 Å². The molecule has 0 saturated carbocycles. The lowest BCUT2D eigenvalue weighted by Gasteiger charge is -2.18. The fraction of sp³-hybridized carbons (Fsp3) is 0.786. The Morgan fingerprint density at radius 1 is 0.276 bits per heavy atom. The molecule has 0 aliphatic rings. The first-order valence-electron chi connectivity index (χ1n) is 32.9. The van der Waals surface area contributed by atoms with Gasteiger partial charge in [0.2, 0.25) is 0 Å². The zero-order valence-electron chi connectivity index (χ0n) is 50.5. The van der Waals surface area contributed by atoms with Crippen molar-refractivity contribution in [2.75, 3.05) is 13.2 Å². The van der Waals surface area contributed by atoms with Crippen LogP contribution in [0.3, 0.4) is 0 Å². The Hall–Kier alpha value is -3.15. The molecule has 1 atom stereocenters. The van der Waals surface area contributed by atoms with Crippen molar-refractivity contribution >= 4 is 17.9 Å². The molecule has 6 nitrogen and oxygen atoms in total. The van der Waals surface area contributed by atoms with Crippen molar-refractivity contribution in [3.8, 4) is 0 Å². The summed E-state index contributed by atoms with van der Waals surface area (Å²) in [5.74, 6) is -0.873. The summed E-state index contributed by atoms with van der Waals surface area (Å²) < 4.78 is 16.9. The molecular formula is C70H124O6. The minimum Gasteiger partial charge on any atom is -0.462 e. The van der Waals surface area contributed by atoms with Gasteiger partial charge in [-0.1, -0.05) is 299 Å². The van der Waals surface area contributed by atoms with E-state index in [4.69, 9.17) is 14.2 Å². The topological polar surface area (TPSA) is 78.9 Å². The average Bonchev–Trinajstić information content (AvgIpc) is 3.42. The van der Waals surface area contributed by atoms with Crippen LogP contribution in [0.1, 0.15) is 335 Å². The third-order valence-electron chi connectivity index (χ3n) is 14.4. The number of hydrogen-bond acceptors (Lipinski definition) is 6. The molecule has 0 saturated heterocycles. The second-order valence-electron chi connectivity index (χ2n) is 22.0. The molecule has 0 spiro atoms. The number of hydrogen-bond donors (Lipinski definition) is 0. The van der Waals surface area contributed by atoms with Crippen molar-refractivity contribution in [3.63, 3.8) is 0 Å². The van der Waals surface area contributed by atoms with Gasteiger partial charge in [-0.15, -0.1) is 0 Å². The van der Waals surface area contributed by atoms with Crippen LogP contribution in [-0.4, -0.2) is 37.2 Å². The maximum atomic E-state index is 12.9. The molecule has 0 aromatic rings. The third-order valence-corrected chi connectivity index (χ3v) is 14.4. The monoisotopic (exact) mass is 1060 g/mol. The Morgan fingerprint density at radius 3 is 0.816 bits per heavy atom. The van der Waals surface area contributed by atoms with E-state index in [0.29, 0.717) is 19.3 Å². The summed E-state index contributed by atoms with van der Waals surface area (Å²) in [6.07, 6.45) is 83.4. The summed E-state index contributed by atoms with van der Waals surface area (Å²) in [5.41, 5.74) is 0. The van der Waals surface area contributed by atoms with E-state index in [1.165, 1.54) is 186 Å². The smallest absolute Gasteiger partial charge is 0.306 e. The van der Waals surface area contributed by atoms with Crippen molar-refractivity contribution < 1.29 is 28.6 Å². The van der Waals surface area contributed by atoms with Gasteiger partial charge in [-0.25, -0.2) is 0 Å². The molecule has 0 radical (unpaired) electrons. The van der Waals surface area contributed by atoms with Gasteiger partial charge in [0, 0.05) is 19.3 Å². The molecule has 0 N–H and O–H groups in total. The maximum absolute atomic E-state index is 12.9. The fourth-order valence-corrected chi connectivity index (χ4v) is 9.53. The molecule has 0 rings (SSSR count). The van der Waals surface area contributed by atoms with Crippen LogP contribution in [0, 0.1) is 0 Å². The van der Waals surface area contributed by atoms with Gasteiger partial charge >= 0.3 is 17.9 Å². The first-order valence-corrected chi connectivity index (χ1v) is 32.9. The van der Waals surface area contributed by atoms with E-state index in [1.807, 2.05) is 0 Å². The first kappa shape index (κ1) is 72.8. The molecule has 1 unspecified atom stereocenters. The van der Waals surface area contributed by atoms with Crippen LogP contribution in [0.5, 0.6) is 0 Å². The molecule has 0 aromatic heterocycles. The highest BCUT2D eigenvalue weighted by Gasteiger charge is 2.19. The third kappa shape index (κ3) is 61.7. The summed E-state index contributed by atoms with van der Waals surface area (Å²) in [4.78, 5) is 38.3. The molecular weight excluding hydrogens is 937 g/mol. The molecule has 0 amide bonds. The lowest BCUT2D eigenvalue weighted by molar-refractivity contribution is -0.167. The van der Waals surface area contributed by atoms with Crippen molar-refractivity contribution in [2.24, 2.45) is 0 Å². The second-order valence-corrected chi connectivity index (χ2v) is 22.0. The van der Waals surface area contributed by atoms with Crippen LogP contribution in [0.15, 0.2) is 72.9 Å². The summed E-state index contributed by atoms with van der Waals surface area (Å²) in [6, 6.07) is 0. The lowest BCUT2D eigenvalue weighted by atomic mass is 10.0. The van der Waals surface area contributed by atoms with Crippen LogP contribution >= 0.6 is 0 Å². The van der Waals surface area contributed by atoms with Crippen LogP contribution in [0.25, 0.3) is 0 Å². The maximum Gasteiger partial charge on any atom is 0.306 e. The number of carbonyl (C=O) groups excluding carboxylic acids is 3. The first-order chi connectivity index (χ1) is 37.5. The van der Waals surface area contributed by atoms with E-state index in [1.54, 1.807) is 0 Å². The van der Waals surface area contributed by atoms with Gasteiger partial charge in [-0.2, -0.15) is 0 Å². The predicted octanol–water partition coefficient (Wildman–Crippen LogP) is 22.5. The summed E-state index contributed by atoms with van der Waals surface area (Å²) in [7, 11) is 0. The van der Waals surface area contributed by atoms with Crippen LogP contribution in [0.4, 0.5) is 0 Å². The molecule has 0 heterocycles. The van der Waals surface area contributed by atoms with Gasteiger partial charge in [0.15, 0.2) is 6.10 Å². The molecule has 0 aliphatic heterocycles. The minimum atomic E-state index is -0.781. The molecule has 0 bridgehead atoms. The van der Waals surface area contributed by atoms with Crippen molar-refractivity contribution in [1.29, 1.82) is 0 Å². The Kier molecular flexibility index (Phi) is 61.7. The molecule has 0 fully saturated rings. The standard InChI is InChI=1S/C70H124O6/c1-4-7-10-13-16-19-22-25-28-30-31-32-33-34-35-36-37-38-39-40-43-45-48-51-54-57-60-63-69(72)75-66-67(65-74-68(71)62-59-56-53-50-47-44-41-27-24-21-18-15-12-9-6-3)76-70(73)64-61-58-55-52-49-46-42-29-26-23-20-17-14-11-8-5-2/h7,10,16,19-20,23,25,28-29,31-32,42,67H,4-6,8-9,11-15,17-18,21-22,24,26-27,30,33-41,43-66H2,1-3H3/b10-7-,19-16-,23-20-,28-25-,32-31-,42-29-. The van der Waals surface area contributed by atoms with Crippen LogP contribution < -0.4 is 0 Å². The Morgan fingerprint density at radius 2 is 0.513 bits per heavy atom. The van der Waals surface area contributed by atoms with Crippen molar-refractivity contribution in [1.82, 2.24) is 0 Å². The lowest BCUT2D eigenvalue weighted by Crippen LogP contribution is -2.30. The molecule has 440 valence electrons.